The Morgan fingerprint density at radius 2 is 0.667 bits per heavy atom. The van der Waals surface area contributed by atoms with Gasteiger partial charge in [0.15, 0.2) is 0 Å². The van der Waals surface area contributed by atoms with Gasteiger partial charge in [0.1, 0.15) is 0 Å². The SMILES string of the molecule is COCCOCCOCCOCCOCCOCCOCCON. The summed E-state index contributed by atoms with van der Waals surface area (Å²) in [6, 6.07) is 0. The van der Waals surface area contributed by atoms with Crippen molar-refractivity contribution in [1.29, 1.82) is 0 Å². The summed E-state index contributed by atoms with van der Waals surface area (Å²) in [5.41, 5.74) is 0. The van der Waals surface area contributed by atoms with E-state index in [9.17, 15) is 0 Å². The van der Waals surface area contributed by atoms with E-state index in [4.69, 9.17) is 39.1 Å². The molecule has 0 saturated heterocycles. The van der Waals surface area contributed by atoms with Crippen LogP contribution in [-0.4, -0.2) is 99.6 Å². The maximum absolute atomic E-state index is 5.37. The number of hydrogen-bond donors (Lipinski definition) is 1. The van der Waals surface area contributed by atoms with Crippen LogP contribution in [0, 0.1) is 0 Å². The molecular weight excluding hydrogens is 322 g/mol. The zero-order chi connectivity index (χ0) is 17.6. The third-order valence-electron chi connectivity index (χ3n) is 2.64. The number of nitrogens with two attached hydrogens (primary N) is 1. The van der Waals surface area contributed by atoms with Crippen LogP contribution in [0.4, 0.5) is 0 Å². The molecule has 0 aromatic heterocycles. The molecule has 0 aromatic carbocycles. The lowest BCUT2D eigenvalue weighted by molar-refractivity contribution is -0.0221. The minimum absolute atomic E-state index is 0.385. The summed E-state index contributed by atoms with van der Waals surface area (Å²) in [5.74, 6) is 4.86. The molecule has 0 heterocycles. The summed E-state index contributed by atoms with van der Waals surface area (Å²) in [7, 11) is 1.64. The second kappa shape index (κ2) is 22.6. The Morgan fingerprint density at radius 3 is 0.917 bits per heavy atom. The molecule has 9 heteroatoms. The van der Waals surface area contributed by atoms with Crippen molar-refractivity contribution in [2.75, 3.05) is 99.6 Å². The van der Waals surface area contributed by atoms with E-state index in [1.807, 2.05) is 0 Å². The van der Waals surface area contributed by atoms with Crippen LogP contribution in [-0.2, 0) is 38.0 Å². The molecule has 9 nitrogen and oxygen atoms in total. The predicted octanol–water partition coefficient (Wildman–Crippen LogP) is -0.377. The molecule has 24 heavy (non-hydrogen) atoms. The molecule has 0 unspecified atom stereocenters. The molecule has 0 aliphatic rings. The molecule has 0 aliphatic heterocycles. The van der Waals surface area contributed by atoms with E-state index < -0.39 is 0 Å². The van der Waals surface area contributed by atoms with Gasteiger partial charge in [-0.05, 0) is 0 Å². The smallest absolute Gasteiger partial charge is 0.0913 e. The quantitative estimate of drug-likeness (QED) is 0.218. The van der Waals surface area contributed by atoms with Gasteiger partial charge < -0.3 is 38.0 Å². The van der Waals surface area contributed by atoms with Crippen LogP contribution in [0.2, 0.25) is 0 Å². The zero-order valence-electron chi connectivity index (χ0n) is 14.7. The maximum atomic E-state index is 5.37. The van der Waals surface area contributed by atoms with Crippen LogP contribution in [0.25, 0.3) is 0 Å². The highest BCUT2D eigenvalue weighted by Crippen LogP contribution is 1.84. The Morgan fingerprint density at radius 1 is 0.417 bits per heavy atom. The maximum Gasteiger partial charge on any atom is 0.0913 e. The Balaban J connectivity index is 2.93. The van der Waals surface area contributed by atoms with Gasteiger partial charge in [-0.25, -0.2) is 5.90 Å². The Bertz CT molecular complexity index is 202. The second-order valence-corrected chi connectivity index (χ2v) is 4.54. The highest BCUT2D eigenvalue weighted by Gasteiger charge is 1.94. The van der Waals surface area contributed by atoms with Gasteiger partial charge in [0.25, 0.3) is 0 Å². The minimum Gasteiger partial charge on any atom is -0.382 e. The Hall–Kier alpha value is -0.360. The van der Waals surface area contributed by atoms with Gasteiger partial charge in [0, 0.05) is 7.11 Å². The first-order chi connectivity index (χ1) is 11.9. The standard InChI is InChI=1S/C15H33NO8/c1-17-2-3-18-4-5-19-6-7-20-8-9-21-10-11-22-12-13-23-14-15-24-16/h2-16H2,1H3. The van der Waals surface area contributed by atoms with Crippen molar-refractivity contribution >= 4 is 0 Å². The average Bonchev–Trinajstić information content (AvgIpc) is 2.60. The van der Waals surface area contributed by atoms with Gasteiger partial charge in [0.05, 0.1) is 92.5 Å². The summed E-state index contributed by atoms with van der Waals surface area (Å²) >= 11 is 0. The third kappa shape index (κ3) is 21.6. The molecule has 0 bridgehead atoms. The lowest BCUT2D eigenvalue weighted by atomic mass is 10.6. The normalized spacial score (nSPS) is 11.2. The first-order valence-corrected chi connectivity index (χ1v) is 8.19. The van der Waals surface area contributed by atoms with Crippen LogP contribution < -0.4 is 5.90 Å². The van der Waals surface area contributed by atoms with Gasteiger partial charge in [-0.1, -0.05) is 0 Å². The summed E-state index contributed by atoms with van der Waals surface area (Å²) < 4.78 is 36.7. The summed E-state index contributed by atoms with van der Waals surface area (Å²) in [6.45, 7) is 7.45. The van der Waals surface area contributed by atoms with E-state index in [1.54, 1.807) is 7.11 Å². The molecule has 0 radical (unpaired) electrons. The van der Waals surface area contributed by atoms with E-state index in [1.165, 1.54) is 0 Å². The molecule has 146 valence electrons. The van der Waals surface area contributed by atoms with E-state index >= 15 is 0 Å². The Labute approximate surface area is 144 Å². The van der Waals surface area contributed by atoms with Crippen molar-refractivity contribution in [3.8, 4) is 0 Å². The molecule has 0 aliphatic carbocycles. The number of hydrogen-bond acceptors (Lipinski definition) is 9. The van der Waals surface area contributed by atoms with E-state index in [-0.39, 0.29) is 0 Å². The molecule has 0 saturated carbocycles. The molecular formula is C15H33NO8. The summed E-state index contributed by atoms with van der Waals surface area (Å²) in [5, 5.41) is 0. The first kappa shape index (κ1) is 23.6. The van der Waals surface area contributed by atoms with Gasteiger partial charge in [-0.2, -0.15) is 0 Å². The largest absolute Gasteiger partial charge is 0.382 e. The van der Waals surface area contributed by atoms with Crippen molar-refractivity contribution in [3.05, 3.63) is 0 Å². The fourth-order valence-corrected chi connectivity index (χ4v) is 1.45. The van der Waals surface area contributed by atoms with Gasteiger partial charge in [-0.15, -0.1) is 0 Å². The van der Waals surface area contributed by atoms with Crippen molar-refractivity contribution in [1.82, 2.24) is 0 Å². The average molecular weight is 355 g/mol. The lowest BCUT2D eigenvalue weighted by Crippen LogP contribution is -2.15. The van der Waals surface area contributed by atoms with E-state index in [0.717, 1.165) is 0 Å². The van der Waals surface area contributed by atoms with Crippen LogP contribution in [0.5, 0.6) is 0 Å². The van der Waals surface area contributed by atoms with Crippen molar-refractivity contribution in [3.63, 3.8) is 0 Å². The van der Waals surface area contributed by atoms with Crippen LogP contribution >= 0.6 is 0 Å². The Kier molecular flexibility index (Phi) is 22.3. The van der Waals surface area contributed by atoms with Crippen molar-refractivity contribution < 1.29 is 38.0 Å². The van der Waals surface area contributed by atoms with E-state index in [0.29, 0.717) is 92.5 Å². The molecule has 0 rings (SSSR count). The van der Waals surface area contributed by atoms with Crippen LogP contribution in [0.1, 0.15) is 0 Å². The van der Waals surface area contributed by atoms with Crippen molar-refractivity contribution in [2.24, 2.45) is 5.90 Å². The molecule has 0 spiro atoms. The zero-order valence-corrected chi connectivity index (χ0v) is 14.7. The van der Waals surface area contributed by atoms with Crippen LogP contribution in [0.3, 0.4) is 0 Å². The highest BCUT2D eigenvalue weighted by molar-refractivity contribution is 4.36. The van der Waals surface area contributed by atoms with Gasteiger partial charge >= 0.3 is 0 Å². The highest BCUT2D eigenvalue weighted by atomic mass is 16.6. The van der Waals surface area contributed by atoms with E-state index in [2.05, 4.69) is 4.84 Å². The van der Waals surface area contributed by atoms with Crippen LogP contribution in [0.15, 0.2) is 0 Å². The predicted molar refractivity (Wildman–Crippen MR) is 86.9 cm³/mol. The molecule has 0 fully saturated rings. The second-order valence-electron chi connectivity index (χ2n) is 4.54. The third-order valence-corrected chi connectivity index (χ3v) is 2.64. The summed E-state index contributed by atoms with van der Waals surface area (Å²) in [4.78, 5) is 4.36. The molecule has 0 amide bonds. The number of methoxy groups -OCH3 is 1. The lowest BCUT2D eigenvalue weighted by Gasteiger charge is -2.08. The monoisotopic (exact) mass is 355 g/mol. The molecule has 0 atom stereocenters. The first-order valence-electron chi connectivity index (χ1n) is 8.19. The topological polar surface area (TPSA) is 99.9 Å². The van der Waals surface area contributed by atoms with Gasteiger partial charge in [0.2, 0.25) is 0 Å². The fourth-order valence-electron chi connectivity index (χ4n) is 1.45. The summed E-state index contributed by atoms with van der Waals surface area (Å²) in [6.07, 6.45) is 0. The minimum atomic E-state index is 0.385. The number of ether oxygens (including phenoxy) is 7. The van der Waals surface area contributed by atoms with Gasteiger partial charge in [-0.3, -0.25) is 0 Å². The fraction of sp³-hybridized carbons (Fsp3) is 1.00. The molecule has 2 N–H and O–H groups in total. The number of rotatable bonds is 21. The van der Waals surface area contributed by atoms with Crippen molar-refractivity contribution in [2.45, 2.75) is 0 Å². The molecule has 0 aromatic rings.